The van der Waals surface area contributed by atoms with Crippen LogP contribution >= 0.6 is 63.7 Å². The molecule has 0 aliphatic heterocycles. The summed E-state index contributed by atoms with van der Waals surface area (Å²) in [6.45, 7) is 6.51. The van der Waals surface area contributed by atoms with Crippen LogP contribution in [0.15, 0.2) is 54.3 Å². The van der Waals surface area contributed by atoms with Crippen molar-refractivity contribution in [3.8, 4) is 11.5 Å². The molecule has 0 aliphatic carbocycles. The van der Waals surface area contributed by atoms with E-state index in [1.54, 1.807) is 14.2 Å². The molecule has 9 heteroatoms. The SMILES string of the molecule is COCOc1c(Br)cc(Br)cc1N(c1cc(Br)cc(Br)c1OCOC)c1c(C)cc(C)cc1C. The highest BCUT2D eigenvalue weighted by Crippen LogP contribution is 2.51. The summed E-state index contributed by atoms with van der Waals surface area (Å²) in [5.74, 6) is 1.27. The van der Waals surface area contributed by atoms with Gasteiger partial charge in [0.05, 0.1) is 26.0 Å². The number of ether oxygens (including phenoxy) is 4. The van der Waals surface area contributed by atoms with Gasteiger partial charge in [0.25, 0.3) is 0 Å². The van der Waals surface area contributed by atoms with Gasteiger partial charge in [0.1, 0.15) is 0 Å². The van der Waals surface area contributed by atoms with Gasteiger partial charge in [-0.3, -0.25) is 0 Å². The molecule has 0 amide bonds. The first-order valence-electron chi connectivity index (χ1n) is 10.3. The monoisotopic (exact) mass is 719 g/mol. The minimum absolute atomic E-state index is 0.0994. The highest BCUT2D eigenvalue weighted by molar-refractivity contribution is 9.11. The molecule has 34 heavy (non-hydrogen) atoms. The Hall–Kier alpha value is -1.10. The predicted molar refractivity (Wildman–Crippen MR) is 151 cm³/mol. The van der Waals surface area contributed by atoms with Gasteiger partial charge in [0, 0.05) is 23.2 Å². The molecule has 0 spiro atoms. The van der Waals surface area contributed by atoms with Crippen molar-refractivity contribution in [2.75, 3.05) is 32.7 Å². The summed E-state index contributed by atoms with van der Waals surface area (Å²) in [5, 5.41) is 0. The molecular weight excluding hydrogens is 698 g/mol. The van der Waals surface area contributed by atoms with Crippen LogP contribution < -0.4 is 14.4 Å². The van der Waals surface area contributed by atoms with E-state index < -0.39 is 0 Å². The maximum atomic E-state index is 6.06. The Morgan fingerprint density at radius 1 is 0.647 bits per heavy atom. The highest BCUT2D eigenvalue weighted by Gasteiger charge is 2.27. The zero-order chi connectivity index (χ0) is 25.0. The first-order chi connectivity index (χ1) is 16.2. The van der Waals surface area contributed by atoms with E-state index in [9.17, 15) is 0 Å². The van der Waals surface area contributed by atoms with Gasteiger partial charge in [-0.25, -0.2) is 0 Å². The number of hydrogen-bond acceptors (Lipinski definition) is 5. The third-order valence-corrected chi connectivity index (χ3v) is 7.05. The molecule has 3 rings (SSSR count). The smallest absolute Gasteiger partial charge is 0.188 e. The molecule has 0 aromatic heterocycles. The fraction of sp³-hybridized carbons (Fsp3) is 0.280. The minimum atomic E-state index is 0.0994. The normalized spacial score (nSPS) is 11.0. The Balaban J connectivity index is 2.43. The van der Waals surface area contributed by atoms with Crippen molar-refractivity contribution in [2.45, 2.75) is 20.8 Å². The first-order valence-corrected chi connectivity index (χ1v) is 13.4. The van der Waals surface area contributed by atoms with Crippen LogP contribution in [0.1, 0.15) is 16.7 Å². The molecule has 0 radical (unpaired) electrons. The summed E-state index contributed by atoms with van der Waals surface area (Å²) in [4.78, 5) is 2.14. The van der Waals surface area contributed by atoms with E-state index in [2.05, 4.69) is 102 Å². The Bertz CT molecular complexity index is 1100. The van der Waals surface area contributed by atoms with Crippen molar-refractivity contribution in [3.63, 3.8) is 0 Å². The van der Waals surface area contributed by atoms with E-state index in [4.69, 9.17) is 18.9 Å². The molecule has 0 atom stereocenters. The van der Waals surface area contributed by atoms with Crippen LogP contribution in [-0.4, -0.2) is 27.8 Å². The maximum absolute atomic E-state index is 6.06. The Morgan fingerprint density at radius 3 is 1.44 bits per heavy atom. The number of aryl methyl sites for hydroxylation is 3. The van der Waals surface area contributed by atoms with Gasteiger partial charge in [-0.15, -0.1) is 0 Å². The zero-order valence-electron chi connectivity index (χ0n) is 19.5. The van der Waals surface area contributed by atoms with Gasteiger partial charge in [-0.2, -0.15) is 0 Å². The van der Waals surface area contributed by atoms with Crippen LogP contribution in [0, 0.1) is 20.8 Å². The lowest BCUT2D eigenvalue weighted by atomic mass is 10.0. The van der Waals surface area contributed by atoms with Crippen LogP contribution in [0.5, 0.6) is 11.5 Å². The average Bonchev–Trinajstić information content (AvgIpc) is 2.74. The van der Waals surface area contributed by atoms with Crippen LogP contribution in [0.2, 0.25) is 0 Å². The molecule has 5 nitrogen and oxygen atoms in total. The van der Waals surface area contributed by atoms with Gasteiger partial charge in [-0.05, 0) is 88.0 Å². The average molecular weight is 723 g/mol. The van der Waals surface area contributed by atoms with Crippen LogP contribution in [-0.2, 0) is 9.47 Å². The number of rotatable bonds is 9. The standard InChI is InChI=1S/C25H25Br4NO4/c1-14-6-15(2)23(16(3)7-14)30(21-10-17(26)8-19(28)24(21)33-12-31-4)22-11-18(27)9-20(29)25(22)34-13-32-5/h6-11H,12-13H2,1-5H3. The number of benzene rings is 3. The number of anilines is 3. The topological polar surface area (TPSA) is 40.2 Å². The van der Waals surface area contributed by atoms with Crippen molar-refractivity contribution in [2.24, 2.45) is 0 Å². The Morgan fingerprint density at radius 2 is 1.06 bits per heavy atom. The Labute approximate surface area is 234 Å². The number of halogens is 4. The summed E-state index contributed by atoms with van der Waals surface area (Å²) < 4.78 is 25.9. The van der Waals surface area contributed by atoms with E-state index in [1.807, 2.05) is 24.3 Å². The first kappa shape index (κ1) is 27.5. The molecule has 0 saturated carbocycles. The van der Waals surface area contributed by atoms with Gasteiger partial charge in [0.2, 0.25) is 0 Å². The van der Waals surface area contributed by atoms with Gasteiger partial charge in [-0.1, -0.05) is 49.6 Å². The molecule has 0 saturated heterocycles. The summed E-state index contributed by atoms with van der Waals surface area (Å²) in [6.07, 6.45) is 0. The number of hydrogen-bond donors (Lipinski definition) is 0. The van der Waals surface area contributed by atoms with E-state index in [1.165, 1.54) is 5.56 Å². The van der Waals surface area contributed by atoms with E-state index >= 15 is 0 Å². The molecule has 0 fully saturated rings. The van der Waals surface area contributed by atoms with Gasteiger partial charge in [0.15, 0.2) is 25.1 Å². The maximum Gasteiger partial charge on any atom is 0.188 e. The lowest BCUT2D eigenvalue weighted by molar-refractivity contribution is 0.0505. The fourth-order valence-corrected chi connectivity index (χ4v) is 6.48. The third-order valence-electron chi connectivity index (χ3n) is 4.96. The van der Waals surface area contributed by atoms with Crippen molar-refractivity contribution >= 4 is 80.8 Å². The summed E-state index contributed by atoms with van der Waals surface area (Å²) >= 11 is 14.7. The second kappa shape index (κ2) is 12.2. The van der Waals surface area contributed by atoms with Crippen molar-refractivity contribution in [1.82, 2.24) is 0 Å². The molecule has 3 aromatic carbocycles. The van der Waals surface area contributed by atoms with Crippen LogP contribution in [0.4, 0.5) is 17.1 Å². The molecule has 182 valence electrons. The van der Waals surface area contributed by atoms with Crippen molar-refractivity contribution in [3.05, 3.63) is 71.0 Å². The molecule has 0 N–H and O–H groups in total. The second-order valence-corrected chi connectivity index (χ2v) is 11.2. The van der Waals surface area contributed by atoms with E-state index in [0.717, 1.165) is 46.1 Å². The van der Waals surface area contributed by atoms with E-state index in [0.29, 0.717) is 11.5 Å². The lowest BCUT2D eigenvalue weighted by Gasteiger charge is -2.32. The van der Waals surface area contributed by atoms with Gasteiger partial charge >= 0.3 is 0 Å². The fourth-order valence-electron chi connectivity index (χ4n) is 3.84. The van der Waals surface area contributed by atoms with Crippen LogP contribution in [0.3, 0.4) is 0 Å². The molecule has 0 unspecified atom stereocenters. The summed E-state index contributed by atoms with van der Waals surface area (Å²) in [5.41, 5.74) is 6.04. The lowest BCUT2D eigenvalue weighted by Crippen LogP contribution is -2.17. The molecule has 0 bridgehead atoms. The molecular formula is C25H25Br4NO4. The molecule has 0 aliphatic rings. The Kier molecular flexibility index (Phi) is 9.89. The van der Waals surface area contributed by atoms with Crippen molar-refractivity contribution < 1.29 is 18.9 Å². The molecule has 3 aromatic rings. The largest absolute Gasteiger partial charge is 0.464 e. The predicted octanol–water partition coefficient (Wildman–Crippen LogP) is 9.10. The number of methoxy groups -OCH3 is 2. The highest BCUT2D eigenvalue weighted by atomic mass is 79.9. The number of nitrogens with zero attached hydrogens (tertiary/aromatic N) is 1. The summed E-state index contributed by atoms with van der Waals surface area (Å²) in [7, 11) is 3.20. The zero-order valence-corrected chi connectivity index (χ0v) is 25.8. The third kappa shape index (κ3) is 6.17. The minimum Gasteiger partial charge on any atom is -0.464 e. The second-order valence-electron chi connectivity index (χ2n) is 7.66. The van der Waals surface area contributed by atoms with Crippen molar-refractivity contribution in [1.29, 1.82) is 0 Å². The molecule has 0 heterocycles. The van der Waals surface area contributed by atoms with E-state index in [-0.39, 0.29) is 13.6 Å². The summed E-state index contributed by atoms with van der Waals surface area (Å²) in [6, 6.07) is 12.3. The quantitative estimate of drug-likeness (QED) is 0.206. The van der Waals surface area contributed by atoms with Crippen LogP contribution in [0.25, 0.3) is 0 Å². The van der Waals surface area contributed by atoms with Gasteiger partial charge < -0.3 is 23.8 Å².